The molecule has 3 fully saturated rings. The zero-order valence-electron chi connectivity index (χ0n) is 14.7. The average molecular weight is 338 g/mol. The van der Waals surface area contributed by atoms with Crippen LogP contribution in [-0.4, -0.2) is 65.2 Å². The van der Waals surface area contributed by atoms with Gasteiger partial charge in [-0.2, -0.15) is 0 Å². The van der Waals surface area contributed by atoms with Gasteiger partial charge in [-0.15, -0.1) is 0 Å². The van der Waals surface area contributed by atoms with Gasteiger partial charge in [0.15, 0.2) is 0 Å². The first-order valence-electron chi connectivity index (χ1n) is 9.69. The first-order valence-corrected chi connectivity index (χ1v) is 9.69. The van der Waals surface area contributed by atoms with Crippen molar-refractivity contribution in [3.8, 4) is 0 Å². The maximum atomic E-state index is 4.80. The molecule has 0 unspecified atom stereocenters. The summed E-state index contributed by atoms with van der Waals surface area (Å²) in [7, 11) is 0. The summed E-state index contributed by atoms with van der Waals surface area (Å²) in [5, 5.41) is 3.43. The Morgan fingerprint density at radius 1 is 0.920 bits per heavy atom. The molecule has 6 nitrogen and oxygen atoms in total. The number of hydrogen-bond donors (Lipinski definition) is 1. The molecule has 1 aliphatic carbocycles. The molecule has 0 bridgehead atoms. The van der Waals surface area contributed by atoms with Gasteiger partial charge in [0.05, 0.1) is 23.1 Å². The maximum absolute atomic E-state index is 4.80. The third-order valence-electron chi connectivity index (χ3n) is 5.96. The van der Waals surface area contributed by atoms with Crippen LogP contribution < -0.4 is 10.2 Å². The normalized spacial score (nSPS) is 23.3. The molecule has 0 aromatic carbocycles. The van der Waals surface area contributed by atoms with Crippen molar-refractivity contribution in [3.05, 3.63) is 24.3 Å². The summed E-state index contributed by atoms with van der Waals surface area (Å²) < 4.78 is 0. The highest BCUT2D eigenvalue weighted by Gasteiger charge is 2.31. The molecular formula is C19H26N6. The quantitative estimate of drug-likeness (QED) is 0.921. The van der Waals surface area contributed by atoms with Crippen molar-refractivity contribution >= 4 is 16.7 Å². The van der Waals surface area contributed by atoms with Crippen molar-refractivity contribution in [2.24, 2.45) is 0 Å². The summed E-state index contributed by atoms with van der Waals surface area (Å²) in [6.07, 6.45) is 8.82. The van der Waals surface area contributed by atoms with Crippen LogP contribution in [0.3, 0.4) is 0 Å². The first-order chi connectivity index (χ1) is 12.4. The van der Waals surface area contributed by atoms with Crippen molar-refractivity contribution in [2.45, 2.75) is 37.6 Å². The first kappa shape index (κ1) is 15.5. The number of rotatable bonds is 3. The summed E-state index contributed by atoms with van der Waals surface area (Å²) in [6.45, 7) is 6.67. The Morgan fingerprint density at radius 3 is 2.48 bits per heavy atom. The molecule has 2 aliphatic heterocycles. The summed E-state index contributed by atoms with van der Waals surface area (Å²) >= 11 is 0. The second-order valence-corrected chi connectivity index (χ2v) is 7.60. The third-order valence-corrected chi connectivity index (χ3v) is 5.96. The Bertz CT molecular complexity index is 745. The smallest absolute Gasteiger partial charge is 0.116 e. The fraction of sp³-hybridized carbons (Fsp3) is 0.632. The lowest BCUT2D eigenvalue weighted by atomic mass is 9.93. The molecule has 0 spiro atoms. The van der Waals surface area contributed by atoms with Gasteiger partial charge in [0.2, 0.25) is 0 Å². The summed E-state index contributed by atoms with van der Waals surface area (Å²) in [5.41, 5.74) is 4.33. The Hall–Kier alpha value is -1.79. The largest absolute Gasteiger partial charge is 0.368 e. The van der Waals surface area contributed by atoms with Crippen LogP contribution in [0.15, 0.2) is 18.6 Å². The van der Waals surface area contributed by atoms with Crippen molar-refractivity contribution in [1.82, 2.24) is 25.2 Å². The highest BCUT2D eigenvalue weighted by molar-refractivity contribution is 5.80. The van der Waals surface area contributed by atoms with Crippen LogP contribution >= 0.6 is 0 Å². The number of nitrogens with one attached hydrogen (secondary N) is 1. The van der Waals surface area contributed by atoms with Crippen LogP contribution in [0.2, 0.25) is 0 Å². The lowest BCUT2D eigenvalue weighted by molar-refractivity contribution is 0.248. The fourth-order valence-electron chi connectivity index (χ4n) is 4.30. The molecule has 3 aliphatic rings. The number of fused-ring (bicyclic) bond motifs is 1. The minimum absolute atomic E-state index is 0.507. The van der Waals surface area contributed by atoms with Gasteiger partial charge < -0.3 is 10.2 Å². The molecule has 4 heterocycles. The molecule has 2 aromatic heterocycles. The van der Waals surface area contributed by atoms with E-state index in [9.17, 15) is 0 Å². The molecule has 132 valence electrons. The van der Waals surface area contributed by atoms with E-state index in [0.717, 1.165) is 61.8 Å². The molecule has 1 saturated carbocycles. The van der Waals surface area contributed by atoms with E-state index < -0.39 is 0 Å². The maximum Gasteiger partial charge on any atom is 0.116 e. The number of piperazine rings is 1. The van der Waals surface area contributed by atoms with Crippen molar-refractivity contribution in [2.75, 3.05) is 44.2 Å². The Labute approximate surface area is 148 Å². The van der Waals surface area contributed by atoms with Gasteiger partial charge in [-0.3, -0.25) is 9.88 Å². The van der Waals surface area contributed by atoms with Crippen LogP contribution in [0.1, 0.15) is 37.3 Å². The summed E-state index contributed by atoms with van der Waals surface area (Å²) in [4.78, 5) is 19.0. The van der Waals surface area contributed by atoms with E-state index in [0.29, 0.717) is 5.92 Å². The van der Waals surface area contributed by atoms with Gasteiger partial charge in [-0.05, 0) is 44.8 Å². The average Bonchev–Trinajstić information content (AvgIpc) is 3.53. The van der Waals surface area contributed by atoms with E-state index in [1.165, 1.54) is 31.6 Å². The monoisotopic (exact) mass is 338 g/mol. The zero-order chi connectivity index (χ0) is 16.6. The van der Waals surface area contributed by atoms with E-state index in [-0.39, 0.29) is 0 Å². The second kappa shape index (κ2) is 6.50. The number of pyridine rings is 1. The number of anilines is 1. The molecule has 1 N–H and O–H groups in total. The Kier molecular flexibility index (Phi) is 4.02. The standard InChI is InChI=1S/C19H26N6/c1-2-15(1)24-7-9-25(10-8-24)16-11-17-19(21-12-16)18(23-13-22-17)14-3-5-20-6-4-14/h11-15,20H,1-10H2. The Morgan fingerprint density at radius 2 is 1.72 bits per heavy atom. The lowest BCUT2D eigenvalue weighted by Crippen LogP contribution is -2.47. The predicted molar refractivity (Wildman–Crippen MR) is 99.0 cm³/mol. The van der Waals surface area contributed by atoms with Gasteiger partial charge in [0.1, 0.15) is 11.8 Å². The zero-order valence-corrected chi connectivity index (χ0v) is 14.7. The molecule has 2 aromatic rings. The lowest BCUT2D eigenvalue weighted by Gasteiger charge is -2.36. The van der Waals surface area contributed by atoms with Gasteiger partial charge in [0.25, 0.3) is 0 Å². The number of nitrogens with zero attached hydrogens (tertiary/aromatic N) is 5. The van der Waals surface area contributed by atoms with E-state index in [4.69, 9.17) is 4.98 Å². The van der Waals surface area contributed by atoms with Crippen LogP contribution in [0, 0.1) is 0 Å². The molecule has 6 heteroatoms. The van der Waals surface area contributed by atoms with Crippen LogP contribution in [0.25, 0.3) is 11.0 Å². The third kappa shape index (κ3) is 3.09. The summed E-state index contributed by atoms with van der Waals surface area (Å²) in [6, 6.07) is 3.08. The van der Waals surface area contributed by atoms with Crippen molar-refractivity contribution in [3.63, 3.8) is 0 Å². The minimum atomic E-state index is 0.507. The Balaban J connectivity index is 1.38. The molecule has 5 rings (SSSR count). The minimum Gasteiger partial charge on any atom is -0.368 e. The summed E-state index contributed by atoms with van der Waals surface area (Å²) in [5.74, 6) is 0.507. The van der Waals surface area contributed by atoms with Gasteiger partial charge in [-0.1, -0.05) is 0 Å². The molecule has 0 radical (unpaired) electrons. The van der Waals surface area contributed by atoms with Crippen LogP contribution in [0.5, 0.6) is 0 Å². The number of aromatic nitrogens is 3. The van der Waals surface area contributed by atoms with Gasteiger partial charge >= 0.3 is 0 Å². The highest BCUT2D eigenvalue weighted by Crippen LogP contribution is 2.31. The van der Waals surface area contributed by atoms with Gasteiger partial charge in [0, 0.05) is 38.1 Å². The predicted octanol–water partition coefficient (Wildman–Crippen LogP) is 1.78. The molecule has 25 heavy (non-hydrogen) atoms. The van der Waals surface area contributed by atoms with Crippen LogP contribution in [-0.2, 0) is 0 Å². The highest BCUT2D eigenvalue weighted by atomic mass is 15.3. The van der Waals surface area contributed by atoms with Crippen LogP contribution in [0.4, 0.5) is 5.69 Å². The second-order valence-electron chi connectivity index (χ2n) is 7.60. The van der Waals surface area contributed by atoms with E-state index in [2.05, 4.69) is 31.2 Å². The molecule has 0 atom stereocenters. The van der Waals surface area contributed by atoms with Crippen molar-refractivity contribution < 1.29 is 0 Å². The van der Waals surface area contributed by atoms with Crippen molar-refractivity contribution in [1.29, 1.82) is 0 Å². The number of hydrogen-bond acceptors (Lipinski definition) is 6. The van der Waals surface area contributed by atoms with E-state index >= 15 is 0 Å². The fourth-order valence-corrected chi connectivity index (χ4v) is 4.30. The van der Waals surface area contributed by atoms with Gasteiger partial charge in [-0.25, -0.2) is 9.97 Å². The topological polar surface area (TPSA) is 57.2 Å². The molecule has 2 saturated heterocycles. The SMILES string of the molecule is c1nc(C2CCNCC2)c2ncc(N3CCN(C4CC4)CC3)cc2n1. The molecule has 0 amide bonds. The molecular weight excluding hydrogens is 312 g/mol. The van der Waals surface area contributed by atoms with E-state index in [1.807, 2.05) is 6.20 Å². The van der Waals surface area contributed by atoms with E-state index in [1.54, 1.807) is 6.33 Å². The number of piperidine rings is 1.